The first-order chi connectivity index (χ1) is 12.3. The Morgan fingerprint density at radius 1 is 0.960 bits per heavy atom. The molecule has 6 heteroatoms. The third-order valence-corrected chi connectivity index (χ3v) is 3.70. The summed E-state index contributed by atoms with van der Waals surface area (Å²) in [5, 5.41) is 7.04. The van der Waals surface area contributed by atoms with Crippen molar-refractivity contribution in [2.75, 3.05) is 19.5 Å². The molecule has 130 valence electrons. The summed E-state index contributed by atoms with van der Waals surface area (Å²) >= 11 is 0. The van der Waals surface area contributed by atoms with Crippen LogP contribution in [0.2, 0.25) is 0 Å². The van der Waals surface area contributed by atoms with Crippen LogP contribution in [0.3, 0.4) is 0 Å². The third-order valence-electron chi connectivity index (χ3n) is 3.70. The Kier molecular flexibility index (Phi) is 5.41. The summed E-state index contributed by atoms with van der Waals surface area (Å²) in [6, 6.07) is 15.5. The van der Waals surface area contributed by atoms with Crippen molar-refractivity contribution >= 4 is 5.82 Å². The van der Waals surface area contributed by atoms with Crippen molar-refractivity contribution in [2.24, 2.45) is 0 Å². The molecular formula is C19H20N2O4. The Bertz CT molecular complexity index is 789. The Labute approximate surface area is 146 Å². The maximum atomic E-state index is 6.02. The molecule has 0 saturated heterocycles. The normalized spacial score (nSPS) is 10.3. The standard InChI is InChI=1S/C19H20N2O4/c1-22-17-10-15(12-20-19-8-9-25-21-19)16(11-18(17)23-2)24-13-14-6-4-3-5-7-14/h3-11H,12-13H2,1-2H3,(H,20,21). The van der Waals surface area contributed by atoms with Crippen LogP contribution in [-0.2, 0) is 13.2 Å². The van der Waals surface area contributed by atoms with Crippen LogP contribution in [0.15, 0.2) is 59.3 Å². The zero-order valence-corrected chi connectivity index (χ0v) is 14.2. The number of hydrogen-bond acceptors (Lipinski definition) is 6. The van der Waals surface area contributed by atoms with Gasteiger partial charge in [-0.1, -0.05) is 35.5 Å². The average Bonchev–Trinajstić information content (AvgIpc) is 3.18. The highest BCUT2D eigenvalue weighted by atomic mass is 16.5. The number of methoxy groups -OCH3 is 2. The van der Waals surface area contributed by atoms with Gasteiger partial charge in [-0.15, -0.1) is 0 Å². The minimum absolute atomic E-state index is 0.466. The summed E-state index contributed by atoms with van der Waals surface area (Å²) in [7, 11) is 3.21. The monoisotopic (exact) mass is 340 g/mol. The molecular weight excluding hydrogens is 320 g/mol. The van der Waals surface area contributed by atoms with E-state index < -0.39 is 0 Å². The van der Waals surface area contributed by atoms with Gasteiger partial charge in [0, 0.05) is 24.2 Å². The number of rotatable bonds is 8. The van der Waals surface area contributed by atoms with E-state index in [1.807, 2.05) is 42.5 Å². The van der Waals surface area contributed by atoms with Crippen LogP contribution in [0.4, 0.5) is 5.82 Å². The fourth-order valence-electron chi connectivity index (χ4n) is 2.40. The van der Waals surface area contributed by atoms with Gasteiger partial charge in [-0.05, 0) is 11.6 Å². The quantitative estimate of drug-likeness (QED) is 0.671. The lowest BCUT2D eigenvalue weighted by atomic mass is 10.1. The summed E-state index contributed by atoms with van der Waals surface area (Å²) in [4.78, 5) is 0. The van der Waals surface area contributed by atoms with Gasteiger partial charge in [0.2, 0.25) is 0 Å². The van der Waals surface area contributed by atoms with Crippen molar-refractivity contribution in [3.05, 3.63) is 65.9 Å². The molecule has 2 aromatic carbocycles. The number of ether oxygens (including phenoxy) is 3. The topological polar surface area (TPSA) is 65.8 Å². The Morgan fingerprint density at radius 2 is 1.72 bits per heavy atom. The molecule has 0 radical (unpaired) electrons. The molecule has 0 bridgehead atoms. The summed E-state index contributed by atoms with van der Waals surface area (Å²) in [6.07, 6.45) is 1.52. The second kappa shape index (κ2) is 8.10. The van der Waals surface area contributed by atoms with E-state index in [9.17, 15) is 0 Å². The summed E-state index contributed by atoms with van der Waals surface area (Å²) in [5.41, 5.74) is 2.02. The second-order valence-electron chi connectivity index (χ2n) is 5.33. The molecule has 1 N–H and O–H groups in total. The highest BCUT2D eigenvalue weighted by Gasteiger charge is 2.13. The maximum absolute atomic E-state index is 6.02. The molecule has 3 aromatic rings. The smallest absolute Gasteiger partial charge is 0.169 e. The third kappa shape index (κ3) is 4.23. The molecule has 0 aliphatic rings. The van der Waals surface area contributed by atoms with Gasteiger partial charge in [0.1, 0.15) is 18.6 Å². The maximum Gasteiger partial charge on any atom is 0.169 e. The van der Waals surface area contributed by atoms with Crippen LogP contribution in [0.5, 0.6) is 17.2 Å². The van der Waals surface area contributed by atoms with E-state index >= 15 is 0 Å². The summed E-state index contributed by atoms with van der Waals surface area (Å²) in [6.45, 7) is 0.976. The Balaban J connectivity index is 1.81. The van der Waals surface area contributed by atoms with Crippen molar-refractivity contribution in [1.29, 1.82) is 0 Å². The lowest BCUT2D eigenvalue weighted by Gasteiger charge is -2.16. The Morgan fingerprint density at radius 3 is 2.40 bits per heavy atom. The molecule has 0 aliphatic heterocycles. The summed E-state index contributed by atoms with van der Waals surface area (Å²) < 4.78 is 21.6. The summed E-state index contributed by atoms with van der Waals surface area (Å²) in [5.74, 6) is 2.64. The number of anilines is 1. The number of aromatic nitrogens is 1. The van der Waals surface area contributed by atoms with Gasteiger partial charge in [0.05, 0.1) is 14.2 Å². The minimum atomic E-state index is 0.466. The largest absolute Gasteiger partial charge is 0.493 e. The van der Waals surface area contributed by atoms with Crippen LogP contribution in [-0.4, -0.2) is 19.4 Å². The van der Waals surface area contributed by atoms with Gasteiger partial charge in [0.25, 0.3) is 0 Å². The second-order valence-corrected chi connectivity index (χ2v) is 5.33. The van der Waals surface area contributed by atoms with Gasteiger partial charge in [0.15, 0.2) is 17.3 Å². The van der Waals surface area contributed by atoms with Crippen LogP contribution in [0, 0.1) is 0 Å². The molecule has 0 atom stereocenters. The number of nitrogens with one attached hydrogen (secondary N) is 1. The molecule has 0 fully saturated rings. The molecule has 0 saturated carbocycles. The molecule has 3 rings (SSSR count). The highest BCUT2D eigenvalue weighted by molar-refractivity contribution is 5.52. The number of benzene rings is 2. The van der Waals surface area contributed by atoms with Crippen LogP contribution >= 0.6 is 0 Å². The van der Waals surface area contributed by atoms with E-state index in [1.54, 1.807) is 20.3 Å². The van der Waals surface area contributed by atoms with Crippen LogP contribution in [0.1, 0.15) is 11.1 Å². The van der Waals surface area contributed by atoms with Crippen LogP contribution in [0.25, 0.3) is 0 Å². The van der Waals surface area contributed by atoms with Gasteiger partial charge < -0.3 is 24.1 Å². The van der Waals surface area contributed by atoms with E-state index in [-0.39, 0.29) is 0 Å². The van der Waals surface area contributed by atoms with E-state index in [2.05, 4.69) is 10.5 Å². The minimum Gasteiger partial charge on any atom is -0.493 e. The van der Waals surface area contributed by atoms with E-state index in [0.717, 1.165) is 16.9 Å². The SMILES string of the molecule is COc1cc(CNc2ccon2)c(OCc2ccccc2)cc1OC. The fraction of sp³-hybridized carbons (Fsp3) is 0.211. The van der Waals surface area contributed by atoms with Crippen molar-refractivity contribution < 1.29 is 18.7 Å². The molecule has 0 aliphatic carbocycles. The lowest BCUT2D eigenvalue weighted by Crippen LogP contribution is -2.05. The molecule has 1 heterocycles. The van der Waals surface area contributed by atoms with Crippen molar-refractivity contribution in [3.63, 3.8) is 0 Å². The zero-order chi connectivity index (χ0) is 17.5. The number of nitrogens with zero attached hydrogens (tertiary/aromatic N) is 1. The van der Waals surface area contributed by atoms with E-state index in [4.69, 9.17) is 18.7 Å². The average molecular weight is 340 g/mol. The lowest BCUT2D eigenvalue weighted by molar-refractivity contribution is 0.297. The molecule has 0 amide bonds. The first-order valence-corrected chi connectivity index (χ1v) is 7.86. The molecule has 1 aromatic heterocycles. The number of hydrogen-bond donors (Lipinski definition) is 1. The Hall–Kier alpha value is -3.15. The zero-order valence-electron chi connectivity index (χ0n) is 14.2. The van der Waals surface area contributed by atoms with Gasteiger partial charge >= 0.3 is 0 Å². The molecule has 0 unspecified atom stereocenters. The highest BCUT2D eigenvalue weighted by Crippen LogP contribution is 2.35. The molecule has 6 nitrogen and oxygen atoms in total. The van der Waals surface area contributed by atoms with Crippen molar-refractivity contribution in [2.45, 2.75) is 13.2 Å². The van der Waals surface area contributed by atoms with Gasteiger partial charge in [-0.25, -0.2) is 0 Å². The van der Waals surface area contributed by atoms with Crippen molar-refractivity contribution in [3.8, 4) is 17.2 Å². The van der Waals surface area contributed by atoms with Gasteiger partial charge in [-0.2, -0.15) is 0 Å². The van der Waals surface area contributed by atoms with Crippen LogP contribution < -0.4 is 19.5 Å². The predicted molar refractivity (Wildman–Crippen MR) is 94.1 cm³/mol. The fourth-order valence-corrected chi connectivity index (χ4v) is 2.40. The first kappa shape index (κ1) is 16.7. The predicted octanol–water partition coefficient (Wildman–Crippen LogP) is 3.88. The van der Waals surface area contributed by atoms with Gasteiger partial charge in [-0.3, -0.25) is 0 Å². The van der Waals surface area contributed by atoms with Crippen molar-refractivity contribution in [1.82, 2.24) is 5.16 Å². The first-order valence-electron chi connectivity index (χ1n) is 7.86. The van der Waals surface area contributed by atoms with E-state index in [0.29, 0.717) is 30.5 Å². The van der Waals surface area contributed by atoms with E-state index in [1.165, 1.54) is 6.26 Å². The molecule has 0 spiro atoms. The molecule has 25 heavy (non-hydrogen) atoms.